The third-order valence-electron chi connectivity index (χ3n) is 5.42. The number of pyridine rings is 1. The van der Waals surface area contributed by atoms with E-state index in [0.717, 1.165) is 17.7 Å². The first kappa shape index (κ1) is 16.1. The van der Waals surface area contributed by atoms with Crippen molar-refractivity contribution >= 4 is 17.5 Å². The summed E-state index contributed by atoms with van der Waals surface area (Å²) in [5, 5.41) is 3.32. The molecule has 0 unspecified atom stereocenters. The Morgan fingerprint density at radius 1 is 1.07 bits per heavy atom. The summed E-state index contributed by atoms with van der Waals surface area (Å²) in [5.74, 6) is 0.719. The monoisotopic (exact) mass is 356 g/mol. The standard InChI is InChI=1S/C23H20N2O2/c1-27-23(26)21-12-17(14-6-7-14)13-24-22(21)25-18-8-9-20-16(11-18)10-15-4-2-3-5-19(15)20/h2-5,8-9,11-14H,6-7,10H2,1H3,(H,24,25). The Kier molecular flexibility index (Phi) is 3.71. The van der Waals surface area contributed by atoms with Crippen molar-refractivity contribution in [3.63, 3.8) is 0 Å². The van der Waals surface area contributed by atoms with Gasteiger partial charge in [-0.1, -0.05) is 30.3 Å². The minimum Gasteiger partial charge on any atom is -0.465 e. The van der Waals surface area contributed by atoms with Crippen LogP contribution < -0.4 is 5.32 Å². The fourth-order valence-electron chi connectivity index (χ4n) is 3.85. The van der Waals surface area contributed by atoms with Gasteiger partial charge >= 0.3 is 5.97 Å². The lowest BCUT2D eigenvalue weighted by Crippen LogP contribution is -2.08. The quantitative estimate of drug-likeness (QED) is 0.519. The highest BCUT2D eigenvalue weighted by atomic mass is 16.5. The number of fused-ring (bicyclic) bond motifs is 3. The molecule has 4 nitrogen and oxygen atoms in total. The third-order valence-corrected chi connectivity index (χ3v) is 5.42. The van der Waals surface area contributed by atoms with Gasteiger partial charge in [0.1, 0.15) is 11.4 Å². The van der Waals surface area contributed by atoms with Crippen molar-refractivity contribution in [1.29, 1.82) is 0 Å². The van der Waals surface area contributed by atoms with Gasteiger partial charge in [0.2, 0.25) is 0 Å². The number of ether oxygens (including phenoxy) is 1. The summed E-state index contributed by atoms with van der Waals surface area (Å²) in [6.45, 7) is 0. The number of hydrogen-bond donors (Lipinski definition) is 1. The Hall–Kier alpha value is -3.14. The zero-order chi connectivity index (χ0) is 18.4. The lowest BCUT2D eigenvalue weighted by Gasteiger charge is -2.12. The van der Waals surface area contributed by atoms with Gasteiger partial charge in [0.15, 0.2) is 0 Å². The molecule has 1 heterocycles. The molecule has 2 aliphatic rings. The van der Waals surface area contributed by atoms with Gasteiger partial charge in [0.25, 0.3) is 0 Å². The van der Waals surface area contributed by atoms with Gasteiger partial charge in [-0.3, -0.25) is 0 Å². The molecule has 0 atom stereocenters. The molecule has 27 heavy (non-hydrogen) atoms. The second kappa shape index (κ2) is 6.23. The number of rotatable bonds is 4. The number of carbonyl (C=O) groups is 1. The molecule has 2 aliphatic carbocycles. The fourth-order valence-corrected chi connectivity index (χ4v) is 3.85. The highest BCUT2D eigenvalue weighted by Crippen LogP contribution is 2.41. The molecule has 4 heteroatoms. The van der Waals surface area contributed by atoms with Crippen molar-refractivity contribution in [2.24, 2.45) is 0 Å². The maximum Gasteiger partial charge on any atom is 0.341 e. The van der Waals surface area contributed by atoms with E-state index in [1.165, 1.54) is 42.2 Å². The Morgan fingerprint density at radius 2 is 1.89 bits per heavy atom. The summed E-state index contributed by atoms with van der Waals surface area (Å²) in [5.41, 5.74) is 7.76. The van der Waals surface area contributed by atoms with Crippen LogP contribution in [0.1, 0.15) is 45.8 Å². The molecule has 0 aliphatic heterocycles. The number of benzene rings is 2. The van der Waals surface area contributed by atoms with E-state index in [2.05, 4.69) is 46.7 Å². The van der Waals surface area contributed by atoms with Gasteiger partial charge in [-0.05, 0) is 71.2 Å². The van der Waals surface area contributed by atoms with Crippen molar-refractivity contribution in [3.8, 4) is 11.1 Å². The van der Waals surface area contributed by atoms with Gasteiger partial charge in [-0.15, -0.1) is 0 Å². The second-order valence-electron chi connectivity index (χ2n) is 7.26. The number of methoxy groups -OCH3 is 1. The normalized spacial score (nSPS) is 14.4. The molecule has 0 spiro atoms. The van der Waals surface area contributed by atoms with Gasteiger partial charge < -0.3 is 10.1 Å². The third kappa shape index (κ3) is 2.87. The van der Waals surface area contributed by atoms with Crippen LogP contribution in [0.5, 0.6) is 0 Å². The molecule has 0 amide bonds. The zero-order valence-electron chi connectivity index (χ0n) is 15.2. The minimum atomic E-state index is -0.360. The van der Waals surface area contributed by atoms with E-state index in [9.17, 15) is 4.79 Å². The van der Waals surface area contributed by atoms with Crippen molar-refractivity contribution in [2.75, 3.05) is 12.4 Å². The molecule has 1 fully saturated rings. The molecule has 1 N–H and O–H groups in total. The molecule has 2 aromatic carbocycles. The molecule has 1 aromatic heterocycles. The lowest BCUT2D eigenvalue weighted by atomic mass is 10.1. The number of anilines is 2. The summed E-state index contributed by atoms with van der Waals surface area (Å²) in [6.07, 6.45) is 5.13. The smallest absolute Gasteiger partial charge is 0.341 e. The average molecular weight is 356 g/mol. The predicted octanol–water partition coefficient (Wildman–Crippen LogP) is 5.06. The first-order chi connectivity index (χ1) is 13.2. The molecule has 5 rings (SSSR count). The van der Waals surface area contributed by atoms with Crippen LogP contribution in [0, 0.1) is 0 Å². The maximum absolute atomic E-state index is 12.3. The summed E-state index contributed by atoms with van der Waals surface area (Å²) in [4.78, 5) is 16.8. The van der Waals surface area contributed by atoms with E-state index in [-0.39, 0.29) is 5.97 Å². The SMILES string of the molecule is COC(=O)c1cc(C2CC2)cnc1Nc1ccc2c(c1)Cc1ccccc1-2. The molecule has 1 saturated carbocycles. The Bertz CT molecular complexity index is 1050. The van der Waals surface area contributed by atoms with Gasteiger partial charge in [-0.2, -0.15) is 0 Å². The van der Waals surface area contributed by atoms with Crippen LogP contribution in [-0.4, -0.2) is 18.1 Å². The minimum absolute atomic E-state index is 0.360. The largest absolute Gasteiger partial charge is 0.465 e. The fraction of sp³-hybridized carbons (Fsp3) is 0.217. The van der Waals surface area contributed by atoms with Crippen molar-refractivity contribution in [2.45, 2.75) is 25.2 Å². The number of hydrogen-bond acceptors (Lipinski definition) is 4. The maximum atomic E-state index is 12.3. The first-order valence-electron chi connectivity index (χ1n) is 9.29. The number of carbonyl (C=O) groups excluding carboxylic acids is 1. The molecule has 0 saturated heterocycles. The lowest BCUT2D eigenvalue weighted by molar-refractivity contribution is 0.0601. The zero-order valence-corrected chi connectivity index (χ0v) is 15.2. The van der Waals surface area contributed by atoms with E-state index in [4.69, 9.17) is 4.74 Å². The topological polar surface area (TPSA) is 51.2 Å². The van der Waals surface area contributed by atoms with E-state index in [0.29, 0.717) is 17.3 Å². The highest BCUT2D eigenvalue weighted by Gasteiger charge is 2.26. The van der Waals surface area contributed by atoms with Crippen LogP contribution in [0.2, 0.25) is 0 Å². The Labute approximate surface area is 158 Å². The van der Waals surface area contributed by atoms with Gasteiger partial charge in [-0.25, -0.2) is 9.78 Å². The average Bonchev–Trinajstić information content (AvgIpc) is 3.48. The van der Waals surface area contributed by atoms with E-state index in [1.54, 1.807) is 0 Å². The van der Waals surface area contributed by atoms with E-state index < -0.39 is 0 Å². The van der Waals surface area contributed by atoms with E-state index >= 15 is 0 Å². The number of esters is 1. The van der Waals surface area contributed by atoms with Crippen LogP contribution in [0.15, 0.2) is 54.7 Å². The predicted molar refractivity (Wildman–Crippen MR) is 106 cm³/mol. The van der Waals surface area contributed by atoms with Crippen molar-refractivity contribution in [3.05, 3.63) is 77.0 Å². The molecule has 134 valence electrons. The molecule has 3 aromatic rings. The van der Waals surface area contributed by atoms with E-state index in [1.807, 2.05) is 18.3 Å². The molecular formula is C23H20N2O2. The van der Waals surface area contributed by atoms with Crippen LogP contribution in [0.4, 0.5) is 11.5 Å². The molecular weight excluding hydrogens is 336 g/mol. The van der Waals surface area contributed by atoms with Crippen LogP contribution >= 0.6 is 0 Å². The Morgan fingerprint density at radius 3 is 2.70 bits per heavy atom. The Balaban J connectivity index is 1.47. The molecule has 0 radical (unpaired) electrons. The summed E-state index contributed by atoms with van der Waals surface area (Å²) in [7, 11) is 1.41. The number of aromatic nitrogens is 1. The van der Waals surface area contributed by atoms with Crippen molar-refractivity contribution in [1.82, 2.24) is 4.98 Å². The summed E-state index contributed by atoms with van der Waals surface area (Å²) in [6, 6.07) is 16.7. The van der Waals surface area contributed by atoms with Crippen molar-refractivity contribution < 1.29 is 9.53 Å². The van der Waals surface area contributed by atoms with Crippen LogP contribution in [0.3, 0.4) is 0 Å². The van der Waals surface area contributed by atoms with Crippen LogP contribution in [0.25, 0.3) is 11.1 Å². The summed E-state index contributed by atoms with van der Waals surface area (Å²) < 4.78 is 4.97. The number of nitrogens with one attached hydrogen (secondary N) is 1. The van der Waals surface area contributed by atoms with Gasteiger partial charge in [0, 0.05) is 11.9 Å². The second-order valence-corrected chi connectivity index (χ2v) is 7.26. The number of nitrogens with zero attached hydrogens (tertiary/aromatic N) is 1. The molecule has 0 bridgehead atoms. The highest BCUT2D eigenvalue weighted by molar-refractivity contribution is 5.95. The first-order valence-corrected chi connectivity index (χ1v) is 9.29. The van der Waals surface area contributed by atoms with Crippen LogP contribution in [-0.2, 0) is 11.2 Å². The summed E-state index contributed by atoms with van der Waals surface area (Å²) >= 11 is 0. The van der Waals surface area contributed by atoms with Gasteiger partial charge in [0.05, 0.1) is 7.11 Å².